The second-order valence-electron chi connectivity index (χ2n) is 26.0. The number of unbranched alkanes of at least 4 members (excludes halogenated alkanes) is 8. The van der Waals surface area contributed by atoms with Crippen molar-refractivity contribution in [1.29, 1.82) is 0 Å². The van der Waals surface area contributed by atoms with Gasteiger partial charge in [0.1, 0.15) is 55.0 Å². The van der Waals surface area contributed by atoms with Crippen molar-refractivity contribution in [2.75, 3.05) is 6.61 Å². The summed E-state index contributed by atoms with van der Waals surface area (Å²) in [5, 5.41) is 37.6. The Morgan fingerprint density at radius 3 is 1.47 bits per heavy atom. The topological polar surface area (TPSA) is 374 Å². The van der Waals surface area contributed by atoms with Crippen LogP contribution in [0.2, 0.25) is 0 Å². The summed E-state index contributed by atoms with van der Waals surface area (Å²) in [6, 6.07) is 5.28. The molecule has 2 aromatic rings. The van der Waals surface area contributed by atoms with Gasteiger partial charge in [0.15, 0.2) is 0 Å². The molecule has 0 aromatic heterocycles. The molecular formula is C68H104N8O16. The van der Waals surface area contributed by atoms with E-state index in [1.165, 1.54) is 0 Å². The van der Waals surface area contributed by atoms with Crippen LogP contribution in [0.15, 0.2) is 48.5 Å². The number of aliphatic carboxylic acids is 2. The summed E-state index contributed by atoms with van der Waals surface area (Å²) in [6.07, 6.45) is 6.14. The van der Waals surface area contributed by atoms with E-state index in [1.807, 2.05) is 48.5 Å². The van der Waals surface area contributed by atoms with Crippen molar-refractivity contribution >= 4 is 71.1 Å². The van der Waals surface area contributed by atoms with E-state index in [-0.39, 0.29) is 68.8 Å². The van der Waals surface area contributed by atoms with Crippen molar-refractivity contribution < 1.29 is 77.2 Å². The van der Waals surface area contributed by atoms with Gasteiger partial charge in [0.25, 0.3) is 0 Å². The number of rotatable bonds is 43. The van der Waals surface area contributed by atoms with Crippen molar-refractivity contribution in [2.45, 2.75) is 246 Å². The quantitative estimate of drug-likeness (QED) is 0.0189. The van der Waals surface area contributed by atoms with Gasteiger partial charge >= 0.3 is 29.8 Å². The monoisotopic (exact) mass is 1290 g/mol. The fourth-order valence-electron chi connectivity index (χ4n) is 11.0. The third-order valence-corrected chi connectivity index (χ3v) is 16.2. The molecule has 1 aliphatic rings. The number of hydrogen-bond donors (Lipinski definition) is 10. The fourth-order valence-corrected chi connectivity index (χ4v) is 11.0. The maximum absolute atomic E-state index is 14.5. The molecule has 0 fully saturated rings. The molecule has 0 heterocycles. The number of carbonyl (C=O) groups excluding carboxylic acids is 10. The molecule has 1 unspecified atom stereocenters. The number of carboxylic acid groups (broad SMARTS) is 2. The molecule has 24 heteroatoms. The summed E-state index contributed by atoms with van der Waals surface area (Å²) < 4.78 is 11.6. The van der Waals surface area contributed by atoms with Crippen LogP contribution in [0.1, 0.15) is 209 Å². The van der Waals surface area contributed by atoms with Crippen molar-refractivity contribution in [3.63, 3.8) is 0 Å². The van der Waals surface area contributed by atoms with Gasteiger partial charge in [0, 0.05) is 12.3 Å². The molecule has 24 nitrogen and oxygen atoms in total. The minimum atomic E-state index is -1.81. The van der Waals surface area contributed by atoms with Crippen LogP contribution in [0.5, 0.6) is 0 Å². The van der Waals surface area contributed by atoms with Crippen molar-refractivity contribution in [3.8, 4) is 11.1 Å². The number of hydrogen-bond acceptors (Lipinski definition) is 14. The Morgan fingerprint density at radius 2 is 0.978 bits per heavy atom. The highest BCUT2D eigenvalue weighted by Crippen LogP contribution is 2.44. The summed E-state index contributed by atoms with van der Waals surface area (Å²) in [5.41, 5.74) is 9.24. The number of esters is 2. The maximum atomic E-state index is 14.5. The van der Waals surface area contributed by atoms with Crippen molar-refractivity contribution in [1.82, 2.24) is 37.2 Å². The third kappa shape index (κ3) is 27.1. The smallest absolute Gasteiger partial charge is 0.396 e. The first kappa shape index (κ1) is 78.3. The Labute approximate surface area is 542 Å². The van der Waals surface area contributed by atoms with Gasteiger partial charge in [-0.15, -0.1) is 0 Å². The molecule has 1 aliphatic carbocycles. The normalized spacial score (nSPS) is 14.8. The van der Waals surface area contributed by atoms with E-state index < -0.39 is 144 Å². The van der Waals surface area contributed by atoms with Crippen LogP contribution < -0.4 is 43.0 Å². The van der Waals surface area contributed by atoms with E-state index in [4.69, 9.17) is 15.2 Å². The largest absolute Gasteiger partial charge is 0.481 e. The van der Waals surface area contributed by atoms with Crippen LogP contribution >= 0.6 is 0 Å². The first-order valence-electron chi connectivity index (χ1n) is 32.9. The average Bonchev–Trinajstić information content (AvgIpc) is 1.63. The highest BCUT2D eigenvalue weighted by atomic mass is 16.5. The van der Waals surface area contributed by atoms with Crippen molar-refractivity contribution in [2.24, 2.45) is 35.3 Å². The lowest BCUT2D eigenvalue weighted by atomic mass is 9.97. The predicted octanol–water partition coefficient (Wildman–Crippen LogP) is 6.62. The highest BCUT2D eigenvalue weighted by molar-refractivity contribution is 6.33. The van der Waals surface area contributed by atoms with Gasteiger partial charge in [-0.3, -0.25) is 43.2 Å². The van der Waals surface area contributed by atoms with Crippen LogP contribution in [0.4, 0.5) is 0 Å². The predicted molar refractivity (Wildman–Crippen MR) is 346 cm³/mol. The third-order valence-electron chi connectivity index (χ3n) is 16.2. The first-order valence-corrected chi connectivity index (χ1v) is 32.9. The summed E-state index contributed by atoms with van der Waals surface area (Å²) >= 11 is 0. The Balaban J connectivity index is 1.84. The number of nitrogens with two attached hydrogens (primary N) is 1. The van der Waals surface area contributed by atoms with E-state index >= 15 is 0 Å². The van der Waals surface area contributed by atoms with Gasteiger partial charge in [-0.25, -0.2) is 14.4 Å². The second kappa shape index (κ2) is 40.1. The molecule has 0 bridgehead atoms. The molecule has 11 N–H and O–H groups in total. The summed E-state index contributed by atoms with van der Waals surface area (Å²) in [6.45, 7) is 19.2. The summed E-state index contributed by atoms with van der Waals surface area (Å²) in [4.78, 5) is 162. The van der Waals surface area contributed by atoms with E-state index in [0.29, 0.717) is 12.8 Å². The zero-order valence-electron chi connectivity index (χ0n) is 55.8. The Morgan fingerprint density at radius 1 is 0.511 bits per heavy atom. The lowest BCUT2D eigenvalue weighted by molar-refractivity contribution is -0.157. The Bertz CT molecular complexity index is 2760. The highest BCUT2D eigenvalue weighted by Gasteiger charge is 2.38. The average molecular weight is 1290 g/mol. The van der Waals surface area contributed by atoms with Crippen LogP contribution in [-0.4, -0.2) is 136 Å². The molecule has 3 rings (SSSR count). The van der Waals surface area contributed by atoms with Gasteiger partial charge in [-0.05, 0) is 90.4 Å². The number of carboxylic acids is 2. The molecule has 0 radical (unpaired) electrons. The van der Waals surface area contributed by atoms with Gasteiger partial charge < -0.3 is 62.6 Å². The molecule has 0 saturated carbocycles. The molecular weight excluding hydrogens is 1180 g/mol. The zero-order chi connectivity index (χ0) is 68.8. The van der Waals surface area contributed by atoms with Crippen LogP contribution in [0.3, 0.4) is 0 Å². The number of benzene rings is 2. The minimum Gasteiger partial charge on any atom is -0.481 e. The molecule has 0 saturated heterocycles. The Hall–Kier alpha value is -7.92. The van der Waals surface area contributed by atoms with E-state index in [0.717, 1.165) is 73.6 Å². The number of nitrogens with one attached hydrogen (secondary N) is 7. The molecule has 2 aromatic carbocycles. The van der Waals surface area contributed by atoms with Gasteiger partial charge in [-0.2, -0.15) is 0 Å². The van der Waals surface area contributed by atoms with Crippen LogP contribution in [0.25, 0.3) is 11.1 Å². The standard InChI is InChI=1S/C68H104N8O16/c1-12-14-15-16-17-18-19-20-21-26-44(36-56(78)70-50(31-32-55(69)77)60(81)71-51(33-39(3)4)61(82)74-54(66(87)88)35-41(7)8)92-67(89)59(43(11)13-2)76-63(84)52(34-40(5)6)72-62(83)53(37-57(79)80)73-64(85)58(42(9)10)75-65(86)68(90)91-38-49-47-29-24-22-27-45(47)46-28-23-25-30-48(46)49/h22-25,27-30,39-44,49-54,58-59H,12-21,26,31-38H2,1-11H3,(H2,69,77)(H,70,78)(H,71,81)(H,72,83)(H,73,85)(H,74,82)(H,75,86)(H,76,84)(H,79,80)(H,87,88)/t43-,44?,50-,51-,52+,53-,54+,58-,59-/m0/s1. The molecule has 8 amide bonds. The minimum absolute atomic E-state index is 0.0336. The first-order chi connectivity index (χ1) is 43.5. The number of amides is 8. The summed E-state index contributed by atoms with van der Waals surface area (Å²) in [7, 11) is 0. The molecule has 0 spiro atoms. The lowest BCUT2D eigenvalue weighted by Gasteiger charge is -2.29. The maximum Gasteiger partial charge on any atom is 0.396 e. The van der Waals surface area contributed by atoms with Crippen LogP contribution in [0, 0.1) is 29.6 Å². The van der Waals surface area contributed by atoms with Crippen LogP contribution in [-0.2, 0) is 67.0 Å². The molecule has 92 heavy (non-hydrogen) atoms. The zero-order valence-corrected chi connectivity index (χ0v) is 55.8. The molecule has 9 atom stereocenters. The fraction of sp³-hybridized carbons (Fsp3) is 0.647. The van der Waals surface area contributed by atoms with E-state index in [9.17, 15) is 67.7 Å². The van der Waals surface area contributed by atoms with Gasteiger partial charge in [0.2, 0.25) is 41.4 Å². The second-order valence-corrected chi connectivity index (χ2v) is 26.0. The summed E-state index contributed by atoms with van der Waals surface area (Å²) in [5.74, 6) is -14.5. The lowest BCUT2D eigenvalue weighted by Crippen LogP contribution is -2.59. The van der Waals surface area contributed by atoms with Crippen molar-refractivity contribution in [3.05, 3.63) is 59.7 Å². The number of ether oxygens (including phenoxy) is 2. The Kier molecular flexibility index (Phi) is 34.2. The molecule has 512 valence electrons. The van der Waals surface area contributed by atoms with E-state index in [2.05, 4.69) is 44.1 Å². The number of carbonyl (C=O) groups is 12. The van der Waals surface area contributed by atoms with Gasteiger partial charge in [-0.1, -0.05) is 182 Å². The van der Waals surface area contributed by atoms with Gasteiger partial charge in [0.05, 0.1) is 12.8 Å². The SMILES string of the molecule is CCCCCCCCCCCC(CC(=O)N[C@@H](CCC(N)=O)C(=O)N[C@@H](CC(C)C)C(=O)N[C@H](CC(C)C)C(=O)O)OC(=O)[C@@H](NC(=O)[C@@H](CC(C)C)NC(=O)[C@H](CC(=O)O)NC(=O)[C@@H](NC(=O)C(=O)OCC1c2ccccc2-c2ccccc21)C(C)C)[C@@H](C)CC. The molecule has 0 aliphatic heterocycles. The number of primary amides is 1. The number of fused-ring (bicyclic) bond motifs is 3. The van der Waals surface area contributed by atoms with E-state index in [1.54, 1.807) is 69.2 Å².